The van der Waals surface area contributed by atoms with Gasteiger partial charge in [-0.3, -0.25) is 0 Å². The highest BCUT2D eigenvalue weighted by Gasteiger charge is 2.34. The van der Waals surface area contributed by atoms with Crippen molar-refractivity contribution in [3.05, 3.63) is 36.5 Å². The van der Waals surface area contributed by atoms with Crippen molar-refractivity contribution in [3.63, 3.8) is 0 Å². The van der Waals surface area contributed by atoms with Crippen LogP contribution < -0.4 is 0 Å². The second-order valence-corrected chi connectivity index (χ2v) is 17.0. The van der Waals surface area contributed by atoms with Gasteiger partial charge in [-0.05, 0) is 28.2 Å². The molecule has 0 aromatic carbocycles. The lowest BCUT2D eigenvalue weighted by Crippen LogP contribution is -2.48. The second-order valence-electron chi connectivity index (χ2n) is 7.30. The average molecular weight is 309 g/mol. The molecular weight excluding hydrogens is 276 g/mol. The Bertz CT molecular complexity index is 369. The Kier molecular flexibility index (Phi) is 5.78. The number of nitrogens with zero attached hydrogens (tertiary/aromatic N) is 2. The van der Waals surface area contributed by atoms with E-state index in [1.54, 1.807) is 0 Å². The molecule has 0 aromatic rings. The lowest BCUT2D eigenvalue weighted by Gasteiger charge is -2.38. The van der Waals surface area contributed by atoms with Crippen molar-refractivity contribution >= 4 is 16.5 Å². The van der Waals surface area contributed by atoms with Gasteiger partial charge in [-0.2, -0.15) is 0 Å². The summed E-state index contributed by atoms with van der Waals surface area (Å²) in [7, 11) is 6.04. The number of rotatable bonds is 4. The highest BCUT2D eigenvalue weighted by molar-refractivity contribution is 6.77. The Hall–Kier alpha value is -0.426. The lowest BCUT2D eigenvalue weighted by atomic mass is 10.2. The van der Waals surface area contributed by atoms with E-state index in [-0.39, 0.29) is 0 Å². The monoisotopic (exact) mass is 308 g/mol. The molecule has 0 saturated heterocycles. The van der Waals surface area contributed by atoms with Crippen LogP contribution in [0.1, 0.15) is 0 Å². The predicted molar refractivity (Wildman–Crippen MR) is 97.3 cm³/mol. The van der Waals surface area contributed by atoms with Crippen LogP contribution in [0, 0.1) is 0 Å². The molecule has 1 aliphatic rings. The Morgan fingerprint density at radius 3 is 1.15 bits per heavy atom. The lowest BCUT2D eigenvalue weighted by molar-refractivity contribution is 0.611. The molecular formula is C16H32N2Si2. The zero-order valence-corrected chi connectivity index (χ0v) is 16.5. The Labute approximate surface area is 128 Å². The summed E-state index contributed by atoms with van der Waals surface area (Å²) < 4.78 is 4.89. The van der Waals surface area contributed by atoms with Crippen LogP contribution in [0.3, 0.4) is 0 Å². The zero-order valence-electron chi connectivity index (χ0n) is 14.5. The van der Waals surface area contributed by atoms with Crippen LogP contribution in [-0.4, -0.2) is 53.8 Å². The van der Waals surface area contributed by atoms with E-state index in [1.807, 2.05) is 0 Å². The fourth-order valence-electron chi connectivity index (χ4n) is 2.27. The third kappa shape index (κ3) is 3.81. The molecule has 0 heterocycles. The van der Waals surface area contributed by atoms with E-state index in [1.165, 1.54) is 0 Å². The molecule has 0 saturated carbocycles. The quantitative estimate of drug-likeness (QED) is 0.573. The molecule has 4 heteroatoms. The minimum absolute atomic E-state index is 0.580. The summed E-state index contributed by atoms with van der Waals surface area (Å²) in [6.45, 7) is 9.78. The second kappa shape index (κ2) is 6.56. The van der Waals surface area contributed by atoms with E-state index in [9.17, 15) is 0 Å². The molecule has 114 valence electrons. The molecule has 20 heavy (non-hydrogen) atoms. The molecule has 2 nitrogen and oxygen atoms in total. The van der Waals surface area contributed by atoms with Gasteiger partial charge in [-0.15, -0.1) is 0 Å². The predicted octanol–water partition coefficient (Wildman–Crippen LogP) is 3.94. The molecule has 0 bridgehead atoms. The summed E-state index contributed by atoms with van der Waals surface area (Å²) in [5, 5.41) is 0. The van der Waals surface area contributed by atoms with Crippen LogP contribution in [0.25, 0.3) is 0 Å². The molecule has 0 fully saturated rings. The molecule has 0 spiro atoms. The first kappa shape index (κ1) is 17.6. The Balaban J connectivity index is 3.06. The van der Waals surface area contributed by atoms with Crippen LogP contribution in [-0.2, 0) is 0 Å². The first-order valence-electron chi connectivity index (χ1n) is 7.48. The molecule has 2 unspecified atom stereocenters. The topological polar surface area (TPSA) is 6.48 Å². The highest BCUT2D eigenvalue weighted by atomic mass is 28.3. The Morgan fingerprint density at radius 1 is 0.600 bits per heavy atom. The van der Waals surface area contributed by atoms with E-state index < -0.39 is 16.5 Å². The fraction of sp³-hybridized carbons (Fsp3) is 0.625. The fourth-order valence-corrected chi connectivity index (χ4v) is 5.79. The summed E-state index contributed by atoms with van der Waals surface area (Å²) in [6.07, 6.45) is 14.2. The summed E-state index contributed by atoms with van der Waals surface area (Å²) in [5.41, 5.74) is 1.16. The maximum atomic E-state index is 2.47. The van der Waals surface area contributed by atoms with Crippen molar-refractivity contribution in [3.8, 4) is 0 Å². The zero-order chi connectivity index (χ0) is 15.6. The molecule has 2 atom stereocenters. The van der Waals surface area contributed by atoms with Gasteiger partial charge in [0, 0.05) is 11.1 Å². The maximum absolute atomic E-state index is 2.47. The maximum Gasteiger partial charge on any atom is 0.132 e. The van der Waals surface area contributed by atoms with Crippen LogP contribution in [0.2, 0.25) is 37.3 Å². The van der Waals surface area contributed by atoms with Gasteiger partial charge < -0.3 is 9.13 Å². The van der Waals surface area contributed by atoms with E-state index in [0.717, 1.165) is 0 Å². The van der Waals surface area contributed by atoms with Crippen molar-refractivity contribution in [1.82, 2.24) is 9.13 Å². The van der Waals surface area contributed by atoms with Crippen molar-refractivity contribution in [2.75, 3.05) is 28.2 Å². The molecule has 0 aliphatic heterocycles. The minimum atomic E-state index is -1.42. The van der Waals surface area contributed by atoms with Crippen LogP contribution in [0.4, 0.5) is 0 Å². The van der Waals surface area contributed by atoms with Crippen molar-refractivity contribution < 1.29 is 0 Å². The van der Waals surface area contributed by atoms with Crippen molar-refractivity contribution in [2.24, 2.45) is 0 Å². The van der Waals surface area contributed by atoms with Gasteiger partial charge in [0.05, 0.1) is 0 Å². The van der Waals surface area contributed by atoms with E-state index >= 15 is 0 Å². The van der Waals surface area contributed by atoms with Crippen LogP contribution >= 0.6 is 0 Å². The van der Waals surface area contributed by atoms with Gasteiger partial charge in [0.1, 0.15) is 16.5 Å². The number of hydrogen-bond acceptors (Lipinski definition) is 2. The van der Waals surface area contributed by atoms with Crippen molar-refractivity contribution in [1.29, 1.82) is 0 Å². The first-order valence-corrected chi connectivity index (χ1v) is 13.5. The van der Waals surface area contributed by atoms with Crippen LogP contribution in [0.5, 0.6) is 0 Å². The standard InChI is InChI=1S/C16H32N2Si2/c1-17(2)19(5,6)15-11-9-10-12-16(14-13-15)20(7,8)18(3)4/h9-16H,1-8H3/b11-9-,12-10-,14-13-. The van der Waals surface area contributed by atoms with E-state index in [2.05, 4.69) is 100.0 Å². The normalized spacial score (nSPS) is 29.1. The molecule has 1 aliphatic carbocycles. The van der Waals surface area contributed by atoms with Gasteiger partial charge in [-0.25, -0.2) is 0 Å². The van der Waals surface area contributed by atoms with Gasteiger partial charge in [0.15, 0.2) is 0 Å². The average Bonchev–Trinajstić information content (AvgIpc) is 2.27. The van der Waals surface area contributed by atoms with Gasteiger partial charge >= 0.3 is 0 Å². The van der Waals surface area contributed by atoms with Crippen LogP contribution in [0.15, 0.2) is 36.5 Å². The smallest absolute Gasteiger partial charge is 0.132 e. The highest BCUT2D eigenvalue weighted by Crippen LogP contribution is 2.33. The largest absolute Gasteiger partial charge is 0.329 e. The SMILES string of the molecule is CN(C)[Si](C)(C)C1/C=C\C=C/C([Si](C)(C)N(C)C)/C=C\1. The number of allylic oxidation sites excluding steroid dienone is 6. The van der Waals surface area contributed by atoms with Crippen molar-refractivity contribution in [2.45, 2.75) is 37.3 Å². The third-order valence-corrected chi connectivity index (χ3v) is 13.9. The van der Waals surface area contributed by atoms with Gasteiger partial charge in [-0.1, -0.05) is 62.6 Å². The number of hydrogen-bond donors (Lipinski definition) is 0. The molecule has 0 amide bonds. The summed E-state index contributed by atoms with van der Waals surface area (Å²) in [4.78, 5) is 0. The molecule has 0 radical (unpaired) electrons. The summed E-state index contributed by atoms with van der Waals surface area (Å²) >= 11 is 0. The summed E-state index contributed by atoms with van der Waals surface area (Å²) in [6, 6.07) is 0. The summed E-state index contributed by atoms with van der Waals surface area (Å²) in [5.74, 6) is 0. The molecule has 1 rings (SSSR count). The first-order chi connectivity index (χ1) is 9.10. The third-order valence-electron chi connectivity index (χ3n) is 5.21. The van der Waals surface area contributed by atoms with E-state index in [0.29, 0.717) is 11.1 Å². The minimum Gasteiger partial charge on any atom is -0.329 e. The van der Waals surface area contributed by atoms with Gasteiger partial charge in [0.25, 0.3) is 0 Å². The molecule has 0 N–H and O–H groups in total. The van der Waals surface area contributed by atoms with Gasteiger partial charge in [0.2, 0.25) is 0 Å². The Morgan fingerprint density at radius 2 is 0.900 bits per heavy atom. The van der Waals surface area contributed by atoms with E-state index in [4.69, 9.17) is 0 Å². The molecule has 0 aromatic heterocycles.